The summed E-state index contributed by atoms with van der Waals surface area (Å²) < 4.78 is 0. The fraction of sp³-hybridized carbons (Fsp3) is 0.312. The largest absolute Gasteiger partial charge is 0.396 e. The quantitative estimate of drug-likeness (QED) is 0.907. The van der Waals surface area contributed by atoms with E-state index in [1.165, 1.54) is 5.69 Å². The molecule has 3 rings (SSSR count). The number of rotatable bonds is 2. The Morgan fingerprint density at radius 3 is 2.30 bits per heavy atom. The van der Waals surface area contributed by atoms with Crippen LogP contribution >= 0.6 is 0 Å². The molecule has 2 aromatic rings. The number of para-hydroxylation sites is 1. The molecule has 2 heterocycles. The van der Waals surface area contributed by atoms with Gasteiger partial charge in [0, 0.05) is 38.1 Å². The summed E-state index contributed by atoms with van der Waals surface area (Å²) in [5.74, 6) is 0.928. The topological polar surface area (TPSA) is 45.4 Å². The third-order valence-electron chi connectivity index (χ3n) is 3.89. The maximum absolute atomic E-state index is 6.14. The SMILES string of the molecule is Cc1ccnc(N2CCN(c3ccccc3)CC2)c1N. The van der Waals surface area contributed by atoms with Crippen LogP contribution in [0.3, 0.4) is 0 Å². The van der Waals surface area contributed by atoms with Crippen LogP contribution in [-0.2, 0) is 0 Å². The molecule has 0 spiro atoms. The van der Waals surface area contributed by atoms with Gasteiger partial charge in [-0.05, 0) is 30.7 Å². The average Bonchev–Trinajstić information content (AvgIpc) is 2.51. The standard InChI is InChI=1S/C16H20N4/c1-13-7-8-18-16(15(13)17)20-11-9-19(10-12-20)14-5-3-2-4-6-14/h2-8H,9-12,17H2,1H3. The highest BCUT2D eigenvalue weighted by Crippen LogP contribution is 2.25. The van der Waals surface area contributed by atoms with E-state index in [1.807, 2.05) is 19.2 Å². The first-order valence-electron chi connectivity index (χ1n) is 7.02. The van der Waals surface area contributed by atoms with Crippen molar-refractivity contribution >= 4 is 17.2 Å². The first-order chi connectivity index (χ1) is 9.75. The van der Waals surface area contributed by atoms with Crippen molar-refractivity contribution < 1.29 is 0 Å². The number of nitrogens with two attached hydrogens (primary N) is 1. The molecule has 0 amide bonds. The minimum atomic E-state index is 0.806. The molecule has 4 heteroatoms. The summed E-state index contributed by atoms with van der Waals surface area (Å²) in [6.45, 7) is 5.93. The average molecular weight is 268 g/mol. The molecule has 20 heavy (non-hydrogen) atoms. The van der Waals surface area contributed by atoms with Crippen LogP contribution in [0.15, 0.2) is 42.6 Å². The molecule has 0 radical (unpaired) electrons. The van der Waals surface area contributed by atoms with Crippen LogP contribution < -0.4 is 15.5 Å². The lowest BCUT2D eigenvalue weighted by Gasteiger charge is -2.37. The summed E-state index contributed by atoms with van der Waals surface area (Å²) in [5.41, 5.74) is 9.33. The molecule has 0 saturated carbocycles. The Labute approximate surface area is 119 Å². The second kappa shape index (κ2) is 5.41. The van der Waals surface area contributed by atoms with Gasteiger partial charge in [0.1, 0.15) is 0 Å². The number of nitrogen functional groups attached to an aromatic ring is 1. The van der Waals surface area contributed by atoms with Crippen molar-refractivity contribution in [2.75, 3.05) is 41.7 Å². The van der Waals surface area contributed by atoms with Crippen LogP contribution in [0.4, 0.5) is 17.2 Å². The lowest BCUT2D eigenvalue weighted by molar-refractivity contribution is 0.648. The van der Waals surface area contributed by atoms with Gasteiger partial charge in [-0.1, -0.05) is 18.2 Å². The molecule has 104 valence electrons. The van der Waals surface area contributed by atoms with Gasteiger partial charge in [0.05, 0.1) is 5.69 Å². The van der Waals surface area contributed by atoms with Crippen molar-refractivity contribution in [2.24, 2.45) is 0 Å². The van der Waals surface area contributed by atoms with E-state index in [0.717, 1.165) is 43.2 Å². The molecule has 1 aromatic heterocycles. The first-order valence-corrected chi connectivity index (χ1v) is 7.02. The van der Waals surface area contributed by atoms with Gasteiger partial charge >= 0.3 is 0 Å². The van der Waals surface area contributed by atoms with Crippen LogP contribution in [0.2, 0.25) is 0 Å². The van der Waals surface area contributed by atoms with Crippen molar-refractivity contribution in [2.45, 2.75) is 6.92 Å². The lowest BCUT2D eigenvalue weighted by atomic mass is 10.2. The number of hydrogen-bond acceptors (Lipinski definition) is 4. The van der Waals surface area contributed by atoms with Gasteiger partial charge in [-0.3, -0.25) is 0 Å². The molecule has 1 aliphatic heterocycles. The predicted octanol–water partition coefficient (Wildman–Crippen LogP) is 2.30. The molecular formula is C16H20N4. The molecule has 0 bridgehead atoms. The molecular weight excluding hydrogens is 248 g/mol. The van der Waals surface area contributed by atoms with Gasteiger partial charge in [-0.2, -0.15) is 0 Å². The van der Waals surface area contributed by atoms with E-state index in [0.29, 0.717) is 0 Å². The van der Waals surface area contributed by atoms with Gasteiger partial charge in [0.25, 0.3) is 0 Å². The Bertz CT molecular complexity index is 574. The van der Waals surface area contributed by atoms with E-state index in [-0.39, 0.29) is 0 Å². The Hall–Kier alpha value is -2.23. The third-order valence-corrected chi connectivity index (χ3v) is 3.89. The summed E-state index contributed by atoms with van der Waals surface area (Å²) in [6, 6.07) is 12.5. The van der Waals surface area contributed by atoms with Crippen LogP contribution in [-0.4, -0.2) is 31.2 Å². The monoisotopic (exact) mass is 268 g/mol. The van der Waals surface area contributed by atoms with Crippen molar-refractivity contribution in [3.8, 4) is 0 Å². The maximum Gasteiger partial charge on any atom is 0.152 e. The molecule has 1 saturated heterocycles. The molecule has 0 aliphatic carbocycles. The number of pyridine rings is 1. The number of anilines is 3. The second-order valence-electron chi connectivity index (χ2n) is 5.17. The van der Waals surface area contributed by atoms with E-state index in [2.05, 4.69) is 45.1 Å². The highest BCUT2D eigenvalue weighted by atomic mass is 15.3. The molecule has 1 aromatic carbocycles. The lowest BCUT2D eigenvalue weighted by Crippen LogP contribution is -2.47. The minimum absolute atomic E-state index is 0.806. The van der Waals surface area contributed by atoms with E-state index < -0.39 is 0 Å². The zero-order valence-corrected chi connectivity index (χ0v) is 11.8. The predicted molar refractivity (Wildman–Crippen MR) is 84.3 cm³/mol. The Morgan fingerprint density at radius 2 is 1.60 bits per heavy atom. The summed E-state index contributed by atoms with van der Waals surface area (Å²) in [4.78, 5) is 9.13. The van der Waals surface area contributed by atoms with Crippen LogP contribution in [0.1, 0.15) is 5.56 Å². The zero-order chi connectivity index (χ0) is 13.9. The van der Waals surface area contributed by atoms with E-state index in [9.17, 15) is 0 Å². The minimum Gasteiger partial charge on any atom is -0.396 e. The van der Waals surface area contributed by atoms with E-state index in [1.54, 1.807) is 0 Å². The summed E-state index contributed by atoms with van der Waals surface area (Å²) >= 11 is 0. The van der Waals surface area contributed by atoms with Crippen LogP contribution in [0, 0.1) is 6.92 Å². The first kappa shape index (κ1) is 12.8. The summed E-state index contributed by atoms with van der Waals surface area (Å²) in [7, 11) is 0. The highest BCUT2D eigenvalue weighted by Gasteiger charge is 2.20. The molecule has 1 aliphatic rings. The van der Waals surface area contributed by atoms with Crippen molar-refractivity contribution in [1.82, 2.24) is 4.98 Å². The molecule has 0 unspecified atom stereocenters. The number of aromatic nitrogens is 1. The normalized spacial score (nSPS) is 15.4. The zero-order valence-electron chi connectivity index (χ0n) is 11.8. The molecule has 2 N–H and O–H groups in total. The number of nitrogens with zero attached hydrogens (tertiary/aromatic N) is 3. The Morgan fingerprint density at radius 1 is 0.950 bits per heavy atom. The summed E-state index contributed by atoms with van der Waals surface area (Å²) in [5, 5.41) is 0. The van der Waals surface area contributed by atoms with Gasteiger partial charge in [-0.15, -0.1) is 0 Å². The van der Waals surface area contributed by atoms with Gasteiger partial charge in [0.2, 0.25) is 0 Å². The fourth-order valence-electron chi connectivity index (χ4n) is 2.62. The third kappa shape index (κ3) is 2.41. The van der Waals surface area contributed by atoms with Crippen molar-refractivity contribution in [3.63, 3.8) is 0 Å². The van der Waals surface area contributed by atoms with Crippen molar-refractivity contribution in [3.05, 3.63) is 48.2 Å². The number of piperazine rings is 1. The fourth-order valence-corrected chi connectivity index (χ4v) is 2.62. The van der Waals surface area contributed by atoms with Gasteiger partial charge < -0.3 is 15.5 Å². The van der Waals surface area contributed by atoms with Gasteiger partial charge in [-0.25, -0.2) is 4.98 Å². The number of benzene rings is 1. The molecule has 4 nitrogen and oxygen atoms in total. The number of hydrogen-bond donors (Lipinski definition) is 1. The smallest absolute Gasteiger partial charge is 0.152 e. The Balaban J connectivity index is 1.71. The van der Waals surface area contributed by atoms with E-state index in [4.69, 9.17) is 5.73 Å². The van der Waals surface area contributed by atoms with Crippen LogP contribution in [0.25, 0.3) is 0 Å². The Kier molecular flexibility index (Phi) is 3.46. The second-order valence-corrected chi connectivity index (χ2v) is 5.17. The van der Waals surface area contributed by atoms with Crippen molar-refractivity contribution in [1.29, 1.82) is 0 Å². The van der Waals surface area contributed by atoms with E-state index >= 15 is 0 Å². The number of aryl methyl sites for hydroxylation is 1. The van der Waals surface area contributed by atoms with Crippen LogP contribution in [0.5, 0.6) is 0 Å². The highest BCUT2D eigenvalue weighted by molar-refractivity contribution is 5.67. The molecule has 0 atom stereocenters. The van der Waals surface area contributed by atoms with Gasteiger partial charge in [0.15, 0.2) is 5.82 Å². The molecule has 1 fully saturated rings. The summed E-state index contributed by atoms with van der Waals surface area (Å²) in [6.07, 6.45) is 1.84. The maximum atomic E-state index is 6.14.